The van der Waals surface area contributed by atoms with Gasteiger partial charge in [-0.05, 0) is 71.3 Å². The van der Waals surface area contributed by atoms with E-state index in [0.29, 0.717) is 5.75 Å². The molecule has 2 aromatic carbocycles. The molecule has 1 N–H and O–H groups in total. The molecule has 0 spiro atoms. The zero-order chi connectivity index (χ0) is 18.0. The van der Waals surface area contributed by atoms with E-state index in [9.17, 15) is 5.11 Å². The van der Waals surface area contributed by atoms with Crippen molar-refractivity contribution in [3.8, 4) is 11.5 Å². The highest BCUT2D eigenvalue weighted by Gasteiger charge is 2.19. The van der Waals surface area contributed by atoms with Crippen molar-refractivity contribution in [1.29, 1.82) is 0 Å². The standard InChI is InChI=1S/C20H25IN2O2/c1-14-4-5-15(2)18(10-14)23-8-6-22(7-9-23)13-16-11-17(21)20(24)19(12-16)25-3/h4-5,10-12,24H,6-9,13H2,1-3H3. The van der Waals surface area contributed by atoms with Gasteiger partial charge in [0.25, 0.3) is 0 Å². The monoisotopic (exact) mass is 452 g/mol. The van der Waals surface area contributed by atoms with Gasteiger partial charge in [-0.2, -0.15) is 0 Å². The number of ether oxygens (including phenoxy) is 1. The predicted molar refractivity (Wildman–Crippen MR) is 111 cm³/mol. The normalized spacial score (nSPS) is 15.4. The molecule has 0 radical (unpaired) electrons. The minimum Gasteiger partial charge on any atom is -0.504 e. The summed E-state index contributed by atoms with van der Waals surface area (Å²) in [7, 11) is 1.60. The number of phenolic OH excluding ortho intramolecular Hbond substituents is 1. The molecule has 1 fully saturated rings. The van der Waals surface area contributed by atoms with Gasteiger partial charge in [0.15, 0.2) is 11.5 Å². The number of anilines is 1. The molecule has 0 bridgehead atoms. The molecule has 0 aromatic heterocycles. The number of hydrogen-bond acceptors (Lipinski definition) is 4. The number of phenols is 1. The second-order valence-electron chi connectivity index (χ2n) is 6.68. The molecule has 0 aliphatic carbocycles. The van der Waals surface area contributed by atoms with Gasteiger partial charge in [0.2, 0.25) is 0 Å². The number of hydrogen-bond donors (Lipinski definition) is 1. The van der Waals surface area contributed by atoms with E-state index in [-0.39, 0.29) is 5.75 Å². The number of aromatic hydroxyl groups is 1. The van der Waals surface area contributed by atoms with E-state index in [4.69, 9.17) is 4.74 Å². The van der Waals surface area contributed by atoms with E-state index in [0.717, 1.165) is 36.3 Å². The number of rotatable bonds is 4. The first kappa shape index (κ1) is 18.3. The number of methoxy groups -OCH3 is 1. The van der Waals surface area contributed by atoms with Crippen molar-refractivity contribution in [2.45, 2.75) is 20.4 Å². The molecule has 134 valence electrons. The van der Waals surface area contributed by atoms with Gasteiger partial charge < -0.3 is 14.7 Å². The van der Waals surface area contributed by atoms with Crippen molar-refractivity contribution in [2.75, 3.05) is 38.2 Å². The molecule has 1 aliphatic rings. The summed E-state index contributed by atoms with van der Waals surface area (Å²) in [6, 6.07) is 10.7. The highest BCUT2D eigenvalue weighted by atomic mass is 127. The molecule has 4 nitrogen and oxygen atoms in total. The lowest BCUT2D eigenvalue weighted by Crippen LogP contribution is -2.46. The lowest BCUT2D eigenvalue weighted by molar-refractivity contribution is 0.249. The molecule has 1 saturated heterocycles. The molecule has 25 heavy (non-hydrogen) atoms. The Hall–Kier alpha value is -1.47. The fraction of sp³-hybridized carbons (Fsp3) is 0.400. The van der Waals surface area contributed by atoms with Gasteiger partial charge in [-0.15, -0.1) is 0 Å². The Balaban J connectivity index is 1.65. The quantitative estimate of drug-likeness (QED) is 0.714. The van der Waals surface area contributed by atoms with Crippen molar-refractivity contribution < 1.29 is 9.84 Å². The Bertz CT molecular complexity index is 756. The van der Waals surface area contributed by atoms with E-state index in [1.54, 1.807) is 7.11 Å². The summed E-state index contributed by atoms with van der Waals surface area (Å²) in [5.74, 6) is 0.780. The fourth-order valence-electron chi connectivity index (χ4n) is 3.34. The van der Waals surface area contributed by atoms with Crippen LogP contribution in [0.25, 0.3) is 0 Å². The van der Waals surface area contributed by atoms with Crippen molar-refractivity contribution >= 4 is 28.3 Å². The van der Waals surface area contributed by atoms with Gasteiger partial charge in [0, 0.05) is 38.4 Å². The van der Waals surface area contributed by atoms with E-state index in [2.05, 4.69) is 64.4 Å². The van der Waals surface area contributed by atoms with Crippen molar-refractivity contribution in [2.24, 2.45) is 0 Å². The van der Waals surface area contributed by atoms with Crippen LogP contribution in [0.2, 0.25) is 0 Å². The maximum Gasteiger partial charge on any atom is 0.171 e. The van der Waals surface area contributed by atoms with Crippen molar-refractivity contribution in [1.82, 2.24) is 4.90 Å². The minimum absolute atomic E-state index is 0.228. The molecular formula is C20H25IN2O2. The average Bonchev–Trinajstić information content (AvgIpc) is 2.61. The molecule has 3 rings (SSSR count). The van der Waals surface area contributed by atoms with Crippen LogP contribution in [-0.4, -0.2) is 43.3 Å². The van der Waals surface area contributed by atoms with Crippen molar-refractivity contribution in [3.63, 3.8) is 0 Å². The van der Waals surface area contributed by atoms with Gasteiger partial charge in [-0.1, -0.05) is 12.1 Å². The fourth-order valence-corrected chi connectivity index (χ4v) is 4.01. The molecule has 0 atom stereocenters. The number of nitrogens with zero attached hydrogens (tertiary/aromatic N) is 2. The molecular weight excluding hydrogens is 427 g/mol. The van der Waals surface area contributed by atoms with Crippen LogP contribution < -0.4 is 9.64 Å². The number of piperazine rings is 1. The van der Waals surface area contributed by atoms with Crippen LogP contribution >= 0.6 is 22.6 Å². The summed E-state index contributed by atoms with van der Waals surface area (Å²) in [4.78, 5) is 4.95. The Labute approximate surface area is 163 Å². The lowest BCUT2D eigenvalue weighted by atomic mass is 10.1. The van der Waals surface area contributed by atoms with Crippen LogP contribution in [-0.2, 0) is 6.54 Å². The summed E-state index contributed by atoms with van der Waals surface area (Å²) in [6.07, 6.45) is 0. The first-order valence-corrected chi connectivity index (χ1v) is 9.65. The summed E-state index contributed by atoms with van der Waals surface area (Å²) in [5.41, 5.74) is 5.20. The summed E-state index contributed by atoms with van der Waals surface area (Å²) >= 11 is 2.15. The molecule has 5 heteroatoms. The topological polar surface area (TPSA) is 35.9 Å². The highest BCUT2D eigenvalue weighted by molar-refractivity contribution is 14.1. The van der Waals surface area contributed by atoms with E-state index in [1.807, 2.05) is 12.1 Å². The Morgan fingerprint density at radius 1 is 1.08 bits per heavy atom. The van der Waals surface area contributed by atoms with Gasteiger partial charge in [0.1, 0.15) is 0 Å². The van der Waals surface area contributed by atoms with Crippen LogP contribution in [0.5, 0.6) is 11.5 Å². The van der Waals surface area contributed by atoms with E-state index < -0.39 is 0 Å². The minimum atomic E-state index is 0.228. The lowest BCUT2D eigenvalue weighted by Gasteiger charge is -2.37. The third kappa shape index (κ3) is 4.20. The summed E-state index contributed by atoms with van der Waals surface area (Å²) in [5, 5.41) is 9.98. The SMILES string of the molecule is COc1cc(CN2CCN(c3cc(C)ccc3C)CC2)cc(I)c1O. The number of aryl methyl sites for hydroxylation is 2. The van der Waals surface area contributed by atoms with Crippen LogP contribution in [0, 0.1) is 17.4 Å². The number of halogens is 1. The van der Waals surface area contributed by atoms with Crippen LogP contribution in [0.4, 0.5) is 5.69 Å². The maximum absolute atomic E-state index is 9.98. The van der Waals surface area contributed by atoms with E-state index >= 15 is 0 Å². The van der Waals surface area contributed by atoms with Gasteiger partial charge in [-0.3, -0.25) is 4.90 Å². The molecule has 0 saturated carbocycles. The first-order valence-electron chi connectivity index (χ1n) is 8.58. The first-order chi connectivity index (χ1) is 12.0. The van der Waals surface area contributed by atoms with E-state index in [1.165, 1.54) is 22.4 Å². The molecule has 1 heterocycles. The largest absolute Gasteiger partial charge is 0.504 e. The zero-order valence-electron chi connectivity index (χ0n) is 15.1. The Morgan fingerprint density at radius 3 is 2.48 bits per heavy atom. The second kappa shape index (κ2) is 7.83. The van der Waals surface area contributed by atoms with Gasteiger partial charge in [0.05, 0.1) is 10.7 Å². The van der Waals surface area contributed by atoms with Crippen molar-refractivity contribution in [3.05, 3.63) is 50.6 Å². The molecule has 1 aliphatic heterocycles. The zero-order valence-corrected chi connectivity index (χ0v) is 17.2. The third-order valence-electron chi connectivity index (χ3n) is 4.79. The molecule has 0 amide bonds. The smallest absolute Gasteiger partial charge is 0.171 e. The van der Waals surface area contributed by atoms with Gasteiger partial charge in [-0.25, -0.2) is 0 Å². The summed E-state index contributed by atoms with van der Waals surface area (Å²) < 4.78 is 6.11. The molecule has 2 aromatic rings. The predicted octanol–water partition coefficient (Wildman–Crippen LogP) is 3.94. The second-order valence-corrected chi connectivity index (χ2v) is 7.84. The maximum atomic E-state index is 9.98. The Kier molecular flexibility index (Phi) is 5.74. The molecule has 0 unspecified atom stereocenters. The third-order valence-corrected chi connectivity index (χ3v) is 5.61. The summed E-state index contributed by atoms with van der Waals surface area (Å²) in [6.45, 7) is 9.37. The Morgan fingerprint density at radius 2 is 1.80 bits per heavy atom. The average molecular weight is 452 g/mol. The van der Waals surface area contributed by atoms with Crippen LogP contribution in [0.1, 0.15) is 16.7 Å². The van der Waals surface area contributed by atoms with Crippen LogP contribution in [0.3, 0.4) is 0 Å². The van der Waals surface area contributed by atoms with Gasteiger partial charge >= 0.3 is 0 Å². The highest BCUT2D eigenvalue weighted by Crippen LogP contribution is 2.33. The number of benzene rings is 2. The van der Waals surface area contributed by atoms with Crippen LogP contribution in [0.15, 0.2) is 30.3 Å².